The van der Waals surface area contributed by atoms with E-state index in [4.69, 9.17) is 9.15 Å². The molecule has 0 spiro atoms. The number of ether oxygens (including phenoxy) is 1. The number of nitrogens with one attached hydrogen (secondary N) is 2. The maximum atomic E-state index is 12.6. The highest BCUT2D eigenvalue weighted by Crippen LogP contribution is 2.27. The molecule has 4 rings (SSSR count). The number of fused-ring (bicyclic) bond motifs is 1. The van der Waals surface area contributed by atoms with Gasteiger partial charge in [0.05, 0.1) is 13.2 Å². The summed E-state index contributed by atoms with van der Waals surface area (Å²) in [5.41, 5.74) is 2.48. The largest absolute Gasteiger partial charge is 0.497 e. The molecule has 142 valence electrons. The molecule has 2 N–H and O–H groups in total. The Morgan fingerprint density at radius 1 is 1.21 bits per heavy atom. The number of hydrogen-bond donors (Lipinski definition) is 2. The lowest BCUT2D eigenvalue weighted by molar-refractivity contribution is 0.0938. The van der Waals surface area contributed by atoms with Crippen LogP contribution >= 0.6 is 0 Å². The highest BCUT2D eigenvalue weighted by Gasteiger charge is 2.17. The lowest BCUT2D eigenvalue weighted by atomic mass is 10.2. The minimum atomic E-state index is -0.324. The number of H-pyrrole nitrogens is 1. The van der Waals surface area contributed by atoms with Crippen LogP contribution in [0.15, 0.2) is 46.9 Å². The fraction of sp³-hybridized carbons (Fsp3) is 0.200. The van der Waals surface area contributed by atoms with Gasteiger partial charge in [-0.05, 0) is 50.2 Å². The molecule has 28 heavy (non-hydrogen) atoms. The topological polar surface area (TPSA) is 106 Å². The van der Waals surface area contributed by atoms with E-state index < -0.39 is 0 Å². The lowest BCUT2D eigenvalue weighted by Gasteiger charge is -2.10. The first-order valence-electron chi connectivity index (χ1n) is 8.78. The average Bonchev–Trinajstić information content (AvgIpc) is 3.33. The fourth-order valence-electron chi connectivity index (χ4n) is 2.84. The minimum absolute atomic E-state index is 0.240. The molecule has 0 unspecified atom stereocenters. The first kappa shape index (κ1) is 17.7. The van der Waals surface area contributed by atoms with Crippen molar-refractivity contribution in [3.63, 3.8) is 0 Å². The number of carbonyl (C=O) groups is 1. The van der Waals surface area contributed by atoms with Gasteiger partial charge < -0.3 is 14.5 Å². The van der Waals surface area contributed by atoms with Gasteiger partial charge in [-0.25, -0.2) is 9.97 Å². The predicted octanol–water partition coefficient (Wildman–Crippen LogP) is 3.42. The van der Waals surface area contributed by atoms with Crippen molar-refractivity contribution in [2.24, 2.45) is 0 Å². The summed E-state index contributed by atoms with van der Waals surface area (Å²) in [6.45, 7) is 3.64. The number of rotatable bonds is 5. The molecule has 2 aromatic heterocycles. The highest BCUT2D eigenvalue weighted by molar-refractivity contribution is 5.97. The van der Waals surface area contributed by atoms with Crippen LogP contribution in [0.5, 0.6) is 5.75 Å². The van der Waals surface area contributed by atoms with Crippen LogP contribution in [0.3, 0.4) is 0 Å². The molecule has 1 amide bonds. The quantitative estimate of drug-likeness (QED) is 0.552. The Morgan fingerprint density at radius 2 is 2.07 bits per heavy atom. The first-order valence-corrected chi connectivity index (χ1v) is 8.78. The molecule has 0 fully saturated rings. The molecule has 0 saturated heterocycles. The number of benzene rings is 2. The van der Waals surface area contributed by atoms with E-state index in [1.165, 1.54) is 0 Å². The number of oxazole rings is 1. The molecule has 0 radical (unpaired) electrons. The number of amides is 1. The van der Waals surface area contributed by atoms with Crippen LogP contribution in [0.4, 0.5) is 0 Å². The fourth-order valence-corrected chi connectivity index (χ4v) is 2.84. The Labute approximate surface area is 161 Å². The van der Waals surface area contributed by atoms with Crippen molar-refractivity contribution in [2.45, 2.75) is 19.9 Å². The normalized spacial score (nSPS) is 12.1. The summed E-state index contributed by atoms with van der Waals surface area (Å²) in [6.07, 6.45) is 0. The zero-order chi connectivity index (χ0) is 19.7. The van der Waals surface area contributed by atoms with Crippen molar-refractivity contribution in [2.75, 3.05) is 7.11 Å². The van der Waals surface area contributed by atoms with E-state index in [0.29, 0.717) is 34.2 Å². The Kier molecular flexibility index (Phi) is 4.52. The predicted molar refractivity (Wildman–Crippen MR) is 103 cm³/mol. The van der Waals surface area contributed by atoms with E-state index in [2.05, 4.69) is 25.5 Å². The highest BCUT2D eigenvalue weighted by atomic mass is 16.5. The molecule has 8 nitrogen and oxygen atoms in total. The summed E-state index contributed by atoms with van der Waals surface area (Å²) in [6, 6.07) is 12.3. The molecule has 0 aliphatic carbocycles. The van der Waals surface area contributed by atoms with Gasteiger partial charge in [0.2, 0.25) is 5.89 Å². The number of aryl methyl sites for hydroxylation is 1. The summed E-state index contributed by atoms with van der Waals surface area (Å²) >= 11 is 0. The van der Waals surface area contributed by atoms with Gasteiger partial charge in [-0.1, -0.05) is 6.07 Å². The molecule has 2 heterocycles. The van der Waals surface area contributed by atoms with Crippen molar-refractivity contribution in [1.82, 2.24) is 25.5 Å². The van der Waals surface area contributed by atoms with Gasteiger partial charge >= 0.3 is 0 Å². The van der Waals surface area contributed by atoms with E-state index in [0.717, 1.165) is 11.3 Å². The van der Waals surface area contributed by atoms with Gasteiger partial charge in [0.1, 0.15) is 17.1 Å². The third kappa shape index (κ3) is 3.44. The monoisotopic (exact) mass is 377 g/mol. The number of aromatic amines is 1. The van der Waals surface area contributed by atoms with Gasteiger partial charge in [-0.2, -0.15) is 5.10 Å². The lowest BCUT2D eigenvalue weighted by Crippen LogP contribution is -2.27. The molecule has 8 heteroatoms. The van der Waals surface area contributed by atoms with Crippen LogP contribution in [0.25, 0.3) is 22.6 Å². The standard InChI is InChI=1S/C20H19N5O3/c1-11(18-22-12(2)24-25-18)21-19(26)13-7-8-16-17(10-13)28-20(23-16)14-5-4-6-15(9-14)27-3/h4-11H,1-3H3,(H,21,26)(H,22,24,25)/t11-/m1/s1. The molecular weight excluding hydrogens is 358 g/mol. The van der Waals surface area contributed by atoms with Gasteiger partial charge in [0.25, 0.3) is 5.91 Å². The van der Waals surface area contributed by atoms with Gasteiger partial charge in [0.15, 0.2) is 11.4 Å². The maximum absolute atomic E-state index is 12.6. The third-order valence-corrected chi connectivity index (χ3v) is 4.32. The first-order chi connectivity index (χ1) is 13.5. The van der Waals surface area contributed by atoms with Crippen LogP contribution < -0.4 is 10.1 Å². The van der Waals surface area contributed by atoms with Crippen LogP contribution in [-0.4, -0.2) is 33.2 Å². The SMILES string of the molecule is COc1cccc(-c2nc3ccc(C(=O)N[C@H](C)c4n[nH]c(C)n4)cc3o2)c1. The van der Waals surface area contributed by atoms with Crippen LogP contribution in [0.1, 0.15) is 35.0 Å². The minimum Gasteiger partial charge on any atom is -0.497 e. The number of carbonyl (C=O) groups excluding carboxylic acids is 1. The Hall–Kier alpha value is -3.68. The zero-order valence-corrected chi connectivity index (χ0v) is 15.7. The van der Waals surface area contributed by atoms with Gasteiger partial charge in [0, 0.05) is 11.1 Å². The molecule has 1 atom stereocenters. The van der Waals surface area contributed by atoms with Crippen molar-refractivity contribution < 1.29 is 13.9 Å². The number of hydrogen-bond acceptors (Lipinski definition) is 6. The van der Waals surface area contributed by atoms with Crippen LogP contribution in [0.2, 0.25) is 0 Å². The van der Waals surface area contributed by atoms with Crippen LogP contribution in [0, 0.1) is 6.92 Å². The number of nitrogens with zero attached hydrogens (tertiary/aromatic N) is 3. The van der Waals surface area contributed by atoms with E-state index in [-0.39, 0.29) is 11.9 Å². The van der Waals surface area contributed by atoms with Crippen molar-refractivity contribution >= 4 is 17.0 Å². The second-order valence-electron chi connectivity index (χ2n) is 6.41. The third-order valence-electron chi connectivity index (χ3n) is 4.32. The summed E-state index contributed by atoms with van der Waals surface area (Å²) in [5, 5.41) is 9.72. The summed E-state index contributed by atoms with van der Waals surface area (Å²) in [7, 11) is 1.61. The Morgan fingerprint density at radius 3 is 2.82 bits per heavy atom. The van der Waals surface area contributed by atoms with Crippen molar-refractivity contribution in [3.8, 4) is 17.2 Å². The van der Waals surface area contributed by atoms with E-state index in [1.54, 1.807) is 25.3 Å². The van der Waals surface area contributed by atoms with Crippen LogP contribution in [-0.2, 0) is 0 Å². The van der Waals surface area contributed by atoms with E-state index in [9.17, 15) is 4.79 Å². The number of aromatic nitrogens is 4. The summed E-state index contributed by atoms with van der Waals surface area (Å²) in [4.78, 5) is 21.3. The van der Waals surface area contributed by atoms with E-state index in [1.807, 2.05) is 38.1 Å². The molecule has 2 aromatic carbocycles. The summed E-state index contributed by atoms with van der Waals surface area (Å²) < 4.78 is 11.1. The smallest absolute Gasteiger partial charge is 0.251 e. The average molecular weight is 377 g/mol. The molecule has 0 saturated carbocycles. The molecular formula is C20H19N5O3. The van der Waals surface area contributed by atoms with Gasteiger partial charge in [-0.15, -0.1) is 0 Å². The zero-order valence-electron chi connectivity index (χ0n) is 15.7. The molecule has 0 bridgehead atoms. The molecule has 0 aliphatic rings. The number of methoxy groups -OCH3 is 1. The van der Waals surface area contributed by atoms with Gasteiger partial charge in [-0.3, -0.25) is 9.89 Å². The second kappa shape index (κ2) is 7.15. The second-order valence-corrected chi connectivity index (χ2v) is 6.41. The molecule has 4 aromatic rings. The maximum Gasteiger partial charge on any atom is 0.251 e. The Bertz CT molecular complexity index is 1150. The van der Waals surface area contributed by atoms with Crippen molar-refractivity contribution in [1.29, 1.82) is 0 Å². The Balaban J connectivity index is 1.58. The summed E-state index contributed by atoms with van der Waals surface area (Å²) in [5.74, 6) is 2.18. The van der Waals surface area contributed by atoms with E-state index >= 15 is 0 Å². The van der Waals surface area contributed by atoms with Crippen molar-refractivity contribution in [3.05, 3.63) is 59.7 Å². The molecule has 0 aliphatic heterocycles.